The molecule has 1 unspecified atom stereocenters. The average molecular weight is 357 g/mol. The van der Waals surface area contributed by atoms with Crippen LogP contribution in [0.15, 0.2) is 22.7 Å². The van der Waals surface area contributed by atoms with Crippen molar-refractivity contribution in [3.63, 3.8) is 0 Å². The number of rotatable bonds is 4. The average Bonchev–Trinajstić information content (AvgIpc) is 2.88. The lowest BCUT2D eigenvalue weighted by molar-refractivity contribution is 0.424. The van der Waals surface area contributed by atoms with E-state index in [1.165, 1.54) is 29.2 Å². The Bertz CT molecular complexity index is 450. The summed E-state index contributed by atoms with van der Waals surface area (Å²) in [6.07, 6.45) is 1.30. The minimum absolute atomic E-state index is 0.140. The molecule has 0 amide bonds. The van der Waals surface area contributed by atoms with Gasteiger partial charge in [0.2, 0.25) is 0 Å². The van der Waals surface area contributed by atoms with Crippen LogP contribution < -0.4 is 10.2 Å². The van der Waals surface area contributed by atoms with Crippen molar-refractivity contribution in [3.8, 4) is 0 Å². The maximum absolute atomic E-state index is 3.60. The van der Waals surface area contributed by atoms with Crippen LogP contribution in [0.2, 0.25) is 0 Å². The number of hydrogen-bond donors (Lipinski definition) is 1. The standard InChI is InChI=1S/C16H25BrN2S/c1-16(2,3)18-10-12-9-13(17)5-6-15(12)19(4)14-7-8-20-11-14/h5-6,9,14,18H,7-8,10-11H2,1-4H3. The third kappa shape index (κ3) is 4.40. The number of hydrogen-bond acceptors (Lipinski definition) is 3. The molecule has 0 aliphatic carbocycles. The molecule has 4 heteroatoms. The van der Waals surface area contributed by atoms with Crippen LogP contribution in [-0.2, 0) is 6.54 Å². The van der Waals surface area contributed by atoms with Crippen molar-refractivity contribution >= 4 is 33.4 Å². The van der Waals surface area contributed by atoms with E-state index in [1.807, 2.05) is 0 Å². The number of halogens is 1. The van der Waals surface area contributed by atoms with Gasteiger partial charge in [-0.25, -0.2) is 0 Å². The molecule has 0 aromatic heterocycles. The number of nitrogens with zero attached hydrogens (tertiary/aromatic N) is 1. The third-order valence-corrected chi connectivity index (χ3v) is 5.32. The molecule has 1 heterocycles. The summed E-state index contributed by atoms with van der Waals surface area (Å²) < 4.78 is 1.15. The van der Waals surface area contributed by atoms with Crippen molar-refractivity contribution in [1.82, 2.24) is 5.32 Å². The molecule has 1 atom stereocenters. The monoisotopic (exact) mass is 356 g/mol. The Morgan fingerprint density at radius 2 is 2.15 bits per heavy atom. The molecule has 1 N–H and O–H groups in total. The maximum atomic E-state index is 3.60. The minimum atomic E-state index is 0.140. The summed E-state index contributed by atoms with van der Waals surface area (Å²) in [6, 6.07) is 7.31. The molecule has 2 nitrogen and oxygen atoms in total. The Hall–Kier alpha value is -0.190. The van der Waals surface area contributed by atoms with Gasteiger partial charge in [0.15, 0.2) is 0 Å². The molecule has 0 saturated carbocycles. The molecule has 1 aliphatic heterocycles. The Morgan fingerprint density at radius 1 is 1.40 bits per heavy atom. The van der Waals surface area contributed by atoms with Gasteiger partial charge in [-0.3, -0.25) is 0 Å². The van der Waals surface area contributed by atoms with Gasteiger partial charge in [-0.2, -0.15) is 11.8 Å². The van der Waals surface area contributed by atoms with Gasteiger partial charge in [0.25, 0.3) is 0 Å². The predicted octanol–water partition coefficient (Wildman–Crippen LogP) is 4.28. The normalized spacial score (nSPS) is 19.4. The van der Waals surface area contributed by atoms with Gasteiger partial charge in [0.05, 0.1) is 0 Å². The maximum Gasteiger partial charge on any atom is 0.0412 e. The van der Waals surface area contributed by atoms with E-state index in [2.05, 4.69) is 83.9 Å². The van der Waals surface area contributed by atoms with Gasteiger partial charge in [0, 0.05) is 41.1 Å². The molecule has 2 rings (SSSR count). The highest BCUT2D eigenvalue weighted by molar-refractivity contribution is 9.10. The highest BCUT2D eigenvalue weighted by Crippen LogP contribution is 2.30. The minimum Gasteiger partial charge on any atom is -0.370 e. The van der Waals surface area contributed by atoms with E-state index < -0.39 is 0 Å². The van der Waals surface area contributed by atoms with Gasteiger partial charge in [-0.1, -0.05) is 15.9 Å². The molecular weight excluding hydrogens is 332 g/mol. The van der Waals surface area contributed by atoms with Crippen molar-refractivity contribution in [2.24, 2.45) is 0 Å². The fourth-order valence-electron chi connectivity index (χ4n) is 2.42. The van der Waals surface area contributed by atoms with E-state index in [9.17, 15) is 0 Å². The van der Waals surface area contributed by atoms with E-state index in [4.69, 9.17) is 0 Å². The van der Waals surface area contributed by atoms with Crippen LogP contribution in [0.4, 0.5) is 5.69 Å². The van der Waals surface area contributed by atoms with Crippen LogP contribution in [0, 0.1) is 0 Å². The lowest BCUT2D eigenvalue weighted by Crippen LogP contribution is -2.36. The second-order valence-corrected chi connectivity index (χ2v) is 8.57. The number of anilines is 1. The molecule has 1 aromatic rings. The molecule has 0 spiro atoms. The van der Waals surface area contributed by atoms with E-state index in [-0.39, 0.29) is 5.54 Å². The Kier molecular flexibility index (Phi) is 5.43. The first kappa shape index (κ1) is 16.2. The molecular formula is C16H25BrN2S. The van der Waals surface area contributed by atoms with Crippen LogP contribution in [0.3, 0.4) is 0 Å². The topological polar surface area (TPSA) is 15.3 Å². The summed E-state index contributed by atoms with van der Waals surface area (Å²) in [6.45, 7) is 7.54. The van der Waals surface area contributed by atoms with Crippen LogP contribution in [0.25, 0.3) is 0 Å². The summed E-state index contributed by atoms with van der Waals surface area (Å²) in [5, 5.41) is 3.60. The van der Waals surface area contributed by atoms with E-state index >= 15 is 0 Å². The van der Waals surface area contributed by atoms with Gasteiger partial charge >= 0.3 is 0 Å². The molecule has 20 heavy (non-hydrogen) atoms. The van der Waals surface area contributed by atoms with Crippen molar-refractivity contribution in [2.45, 2.75) is 45.3 Å². The lowest BCUT2D eigenvalue weighted by Gasteiger charge is -2.30. The molecule has 112 valence electrons. The van der Waals surface area contributed by atoms with Crippen molar-refractivity contribution in [3.05, 3.63) is 28.2 Å². The molecule has 1 saturated heterocycles. The fourth-order valence-corrected chi connectivity index (χ4v) is 4.10. The zero-order valence-corrected chi connectivity index (χ0v) is 15.3. The van der Waals surface area contributed by atoms with Crippen LogP contribution in [-0.4, -0.2) is 30.1 Å². The number of thioether (sulfide) groups is 1. The summed E-state index contributed by atoms with van der Waals surface area (Å²) in [4.78, 5) is 2.46. The zero-order valence-electron chi connectivity index (χ0n) is 12.9. The molecule has 1 fully saturated rings. The van der Waals surface area contributed by atoms with Gasteiger partial charge in [-0.05, 0) is 56.7 Å². The SMILES string of the molecule is CN(c1ccc(Br)cc1CNC(C)(C)C)C1CCSC1. The first-order valence-corrected chi connectivity index (χ1v) is 9.15. The first-order valence-electron chi connectivity index (χ1n) is 7.21. The van der Waals surface area contributed by atoms with Gasteiger partial charge in [-0.15, -0.1) is 0 Å². The van der Waals surface area contributed by atoms with Gasteiger partial charge < -0.3 is 10.2 Å². The first-order chi connectivity index (χ1) is 9.37. The molecule has 1 aromatic carbocycles. The quantitative estimate of drug-likeness (QED) is 0.866. The summed E-state index contributed by atoms with van der Waals surface area (Å²) in [7, 11) is 2.24. The molecule has 0 bridgehead atoms. The van der Waals surface area contributed by atoms with E-state index in [1.54, 1.807) is 0 Å². The van der Waals surface area contributed by atoms with Crippen LogP contribution >= 0.6 is 27.7 Å². The second kappa shape index (κ2) is 6.71. The van der Waals surface area contributed by atoms with E-state index in [0.717, 1.165) is 11.0 Å². The van der Waals surface area contributed by atoms with Crippen LogP contribution in [0.1, 0.15) is 32.8 Å². The highest BCUT2D eigenvalue weighted by Gasteiger charge is 2.22. The van der Waals surface area contributed by atoms with Crippen LogP contribution in [0.5, 0.6) is 0 Å². The van der Waals surface area contributed by atoms with Crippen molar-refractivity contribution < 1.29 is 0 Å². The smallest absolute Gasteiger partial charge is 0.0412 e. The third-order valence-electron chi connectivity index (χ3n) is 3.68. The second-order valence-electron chi connectivity index (χ2n) is 6.50. The fraction of sp³-hybridized carbons (Fsp3) is 0.625. The zero-order chi connectivity index (χ0) is 14.8. The number of nitrogens with one attached hydrogen (secondary N) is 1. The summed E-state index contributed by atoms with van der Waals surface area (Å²) in [5.74, 6) is 2.54. The van der Waals surface area contributed by atoms with E-state index in [0.29, 0.717) is 6.04 Å². The highest BCUT2D eigenvalue weighted by atomic mass is 79.9. The molecule has 1 aliphatic rings. The van der Waals surface area contributed by atoms with Crippen molar-refractivity contribution in [2.75, 3.05) is 23.5 Å². The Balaban J connectivity index is 2.18. The Labute approximate surface area is 135 Å². The predicted molar refractivity (Wildman–Crippen MR) is 94.9 cm³/mol. The largest absolute Gasteiger partial charge is 0.370 e. The van der Waals surface area contributed by atoms with Crippen molar-refractivity contribution in [1.29, 1.82) is 0 Å². The lowest BCUT2D eigenvalue weighted by atomic mass is 10.1. The van der Waals surface area contributed by atoms with Gasteiger partial charge in [0.1, 0.15) is 0 Å². The molecule has 0 radical (unpaired) electrons. The number of benzene rings is 1. The summed E-state index contributed by atoms with van der Waals surface area (Å²) in [5.41, 5.74) is 2.87. The Morgan fingerprint density at radius 3 is 2.75 bits per heavy atom. The summed E-state index contributed by atoms with van der Waals surface area (Å²) >= 11 is 5.66.